The van der Waals surface area contributed by atoms with E-state index in [0.29, 0.717) is 5.92 Å². The number of ether oxygens (including phenoxy) is 1. The van der Waals surface area contributed by atoms with Gasteiger partial charge in [0.1, 0.15) is 0 Å². The van der Waals surface area contributed by atoms with E-state index in [9.17, 15) is 9.59 Å². The largest absolute Gasteiger partial charge is 0.466 e. The van der Waals surface area contributed by atoms with Gasteiger partial charge in [0.25, 0.3) is 0 Å². The molecule has 0 radical (unpaired) electrons. The van der Waals surface area contributed by atoms with Crippen LogP contribution in [0.25, 0.3) is 6.08 Å². The fourth-order valence-electron chi connectivity index (χ4n) is 3.99. The van der Waals surface area contributed by atoms with E-state index in [1.807, 2.05) is 31.3 Å². The number of esters is 1. The highest BCUT2D eigenvalue weighted by atomic mass is 16.5. The standard InChI is InChI=1S/C19H23NO3/c1-20(19(22)17-12-14-6-8-15(17)10-14)16-5-3-4-13(11-16)7-9-18(21)23-2/h3-5,7,9,11,14-15,17H,6,8,10,12H2,1-2H3/b9-7+. The fraction of sp³-hybridized carbons (Fsp3) is 0.474. The average molecular weight is 313 g/mol. The van der Waals surface area contributed by atoms with Crippen LogP contribution in [-0.4, -0.2) is 26.0 Å². The Balaban J connectivity index is 1.72. The molecule has 2 aliphatic carbocycles. The van der Waals surface area contributed by atoms with Gasteiger partial charge in [-0.05, 0) is 54.9 Å². The van der Waals surface area contributed by atoms with Gasteiger partial charge in [0.05, 0.1) is 7.11 Å². The van der Waals surface area contributed by atoms with Crippen LogP contribution in [-0.2, 0) is 14.3 Å². The van der Waals surface area contributed by atoms with Crippen molar-refractivity contribution in [3.8, 4) is 0 Å². The molecular weight excluding hydrogens is 290 g/mol. The molecule has 0 heterocycles. The minimum absolute atomic E-state index is 0.188. The van der Waals surface area contributed by atoms with Crippen molar-refractivity contribution in [3.05, 3.63) is 35.9 Å². The molecule has 2 bridgehead atoms. The molecule has 1 amide bonds. The lowest BCUT2D eigenvalue weighted by Crippen LogP contribution is -2.35. The zero-order valence-electron chi connectivity index (χ0n) is 13.7. The Bertz CT molecular complexity index is 637. The van der Waals surface area contributed by atoms with Crippen LogP contribution < -0.4 is 4.90 Å². The van der Waals surface area contributed by atoms with E-state index < -0.39 is 0 Å². The van der Waals surface area contributed by atoms with Crippen LogP contribution in [0.3, 0.4) is 0 Å². The van der Waals surface area contributed by atoms with E-state index in [1.54, 1.807) is 11.0 Å². The van der Waals surface area contributed by atoms with E-state index in [-0.39, 0.29) is 17.8 Å². The van der Waals surface area contributed by atoms with Crippen molar-refractivity contribution < 1.29 is 14.3 Å². The van der Waals surface area contributed by atoms with Gasteiger partial charge in [-0.25, -0.2) is 4.79 Å². The quantitative estimate of drug-likeness (QED) is 0.633. The summed E-state index contributed by atoms with van der Waals surface area (Å²) in [7, 11) is 3.20. The van der Waals surface area contributed by atoms with Crippen molar-refractivity contribution in [2.45, 2.75) is 25.7 Å². The predicted octanol–water partition coefficient (Wildman–Crippen LogP) is 3.27. The molecule has 4 heteroatoms. The summed E-state index contributed by atoms with van der Waals surface area (Å²) in [5.74, 6) is 1.37. The number of nitrogens with zero attached hydrogens (tertiary/aromatic N) is 1. The van der Waals surface area contributed by atoms with Crippen LogP contribution >= 0.6 is 0 Å². The first kappa shape index (κ1) is 15.8. The summed E-state index contributed by atoms with van der Waals surface area (Å²) in [6.07, 6.45) is 7.87. The van der Waals surface area contributed by atoms with Crippen molar-refractivity contribution >= 4 is 23.6 Å². The Morgan fingerprint density at radius 3 is 2.74 bits per heavy atom. The van der Waals surface area contributed by atoms with Crippen molar-refractivity contribution in [3.63, 3.8) is 0 Å². The zero-order chi connectivity index (χ0) is 16.4. The summed E-state index contributed by atoms with van der Waals surface area (Å²) < 4.78 is 4.59. The Hall–Kier alpha value is -2.10. The van der Waals surface area contributed by atoms with Crippen molar-refractivity contribution in [1.82, 2.24) is 0 Å². The van der Waals surface area contributed by atoms with Crippen molar-refractivity contribution in [1.29, 1.82) is 0 Å². The molecule has 3 unspecified atom stereocenters. The number of fused-ring (bicyclic) bond motifs is 2. The molecule has 0 N–H and O–H groups in total. The molecule has 23 heavy (non-hydrogen) atoms. The monoisotopic (exact) mass is 313 g/mol. The van der Waals surface area contributed by atoms with Crippen LogP contribution in [0, 0.1) is 17.8 Å². The van der Waals surface area contributed by atoms with Gasteiger partial charge in [0, 0.05) is 24.7 Å². The van der Waals surface area contributed by atoms with E-state index in [0.717, 1.165) is 23.6 Å². The third kappa shape index (κ3) is 3.31. The number of rotatable bonds is 4. The van der Waals surface area contributed by atoms with Gasteiger partial charge in [-0.2, -0.15) is 0 Å². The number of anilines is 1. The average Bonchev–Trinajstić information content (AvgIpc) is 3.21. The van der Waals surface area contributed by atoms with Crippen molar-refractivity contribution in [2.24, 2.45) is 17.8 Å². The maximum atomic E-state index is 12.8. The SMILES string of the molecule is COC(=O)/C=C/c1cccc(N(C)C(=O)C2CC3CCC2C3)c1. The first-order valence-corrected chi connectivity index (χ1v) is 8.22. The molecule has 1 aromatic rings. The van der Waals surface area contributed by atoms with E-state index in [1.165, 1.54) is 32.4 Å². The molecule has 2 aliphatic rings. The normalized spacial score (nSPS) is 25.7. The lowest BCUT2D eigenvalue weighted by molar-refractivity contribution is -0.134. The van der Waals surface area contributed by atoms with E-state index in [2.05, 4.69) is 4.74 Å². The van der Waals surface area contributed by atoms with Crippen LogP contribution in [0.15, 0.2) is 30.3 Å². The lowest BCUT2D eigenvalue weighted by atomic mass is 9.87. The van der Waals surface area contributed by atoms with Gasteiger partial charge < -0.3 is 9.64 Å². The van der Waals surface area contributed by atoms with Crippen LogP contribution in [0.1, 0.15) is 31.2 Å². The molecule has 4 nitrogen and oxygen atoms in total. The number of benzene rings is 1. The van der Waals surface area contributed by atoms with Gasteiger partial charge in [-0.1, -0.05) is 18.6 Å². The molecule has 0 aliphatic heterocycles. The maximum absolute atomic E-state index is 12.8. The van der Waals surface area contributed by atoms with Crippen LogP contribution in [0.2, 0.25) is 0 Å². The topological polar surface area (TPSA) is 46.6 Å². The number of hydrogen-bond acceptors (Lipinski definition) is 3. The second-order valence-electron chi connectivity index (χ2n) is 6.63. The first-order valence-electron chi connectivity index (χ1n) is 8.22. The van der Waals surface area contributed by atoms with Crippen LogP contribution in [0.4, 0.5) is 5.69 Å². The smallest absolute Gasteiger partial charge is 0.330 e. The summed E-state index contributed by atoms with van der Waals surface area (Å²) in [4.78, 5) is 25.7. The third-order valence-corrected chi connectivity index (χ3v) is 5.26. The Labute approximate surface area is 137 Å². The Morgan fingerprint density at radius 1 is 1.26 bits per heavy atom. The van der Waals surface area contributed by atoms with E-state index >= 15 is 0 Å². The first-order chi connectivity index (χ1) is 11.1. The van der Waals surface area contributed by atoms with Gasteiger partial charge in [0.2, 0.25) is 5.91 Å². The minimum Gasteiger partial charge on any atom is -0.466 e. The summed E-state index contributed by atoms with van der Waals surface area (Å²) in [6.45, 7) is 0. The number of carbonyl (C=O) groups is 2. The Morgan fingerprint density at radius 2 is 2.09 bits per heavy atom. The van der Waals surface area contributed by atoms with Gasteiger partial charge in [-0.15, -0.1) is 0 Å². The lowest BCUT2D eigenvalue weighted by Gasteiger charge is -2.26. The molecule has 0 spiro atoms. The molecule has 0 aromatic heterocycles. The molecule has 0 saturated heterocycles. The molecule has 1 aromatic carbocycles. The third-order valence-electron chi connectivity index (χ3n) is 5.26. The summed E-state index contributed by atoms with van der Waals surface area (Å²) >= 11 is 0. The predicted molar refractivity (Wildman–Crippen MR) is 89.8 cm³/mol. The number of methoxy groups -OCH3 is 1. The van der Waals surface area contributed by atoms with Gasteiger partial charge in [0.15, 0.2) is 0 Å². The molecule has 122 valence electrons. The maximum Gasteiger partial charge on any atom is 0.330 e. The molecule has 2 fully saturated rings. The molecule has 3 atom stereocenters. The number of hydrogen-bond donors (Lipinski definition) is 0. The molecule has 3 rings (SSSR count). The second-order valence-corrected chi connectivity index (χ2v) is 6.63. The fourth-order valence-corrected chi connectivity index (χ4v) is 3.99. The van der Waals surface area contributed by atoms with Gasteiger partial charge in [-0.3, -0.25) is 4.79 Å². The summed E-state index contributed by atoms with van der Waals surface area (Å²) in [5.41, 5.74) is 1.74. The zero-order valence-corrected chi connectivity index (χ0v) is 13.7. The van der Waals surface area contributed by atoms with E-state index in [4.69, 9.17) is 0 Å². The van der Waals surface area contributed by atoms with Crippen LogP contribution in [0.5, 0.6) is 0 Å². The molecular formula is C19H23NO3. The Kier molecular flexibility index (Phi) is 4.51. The summed E-state index contributed by atoms with van der Waals surface area (Å²) in [5, 5.41) is 0. The van der Waals surface area contributed by atoms with Gasteiger partial charge >= 0.3 is 5.97 Å². The molecule has 2 saturated carbocycles. The highest BCUT2D eigenvalue weighted by Gasteiger charge is 2.44. The highest BCUT2D eigenvalue weighted by Crippen LogP contribution is 2.49. The second kappa shape index (κ2) is 6.57. The summed E-state index contributed by atoms with van der Waals surface area (Å²) in [6, 6.07) is 7.65. The highest BCUT2D eigenvalue weighted by molar-refractivity contribution is 5.95. The number of carbonyl (C=O) groups excluding carboxylic acids is 2. The number of amides is 1. The van der Waals surface area contributed by atoms with Crippen molar-refractivity contribution in [2.75, 3.05) is 19.1 Å². The minimum atomic E-state index is -0.387.